The van der Waals surface area contributed by atoms with Gasteiger partial charge in [0.1, 0.15) is 18.2 Å². The molecule has 0 saturated carbocycles. The van der Waals surface area contributed by atoms with E-state index in [1.165, 1.54) is 24.3 Å². The molecule has 0 bridgehead atoms. The fourth-order valence-corrected chi connectivity index (χ4v) is 3.97. The van der Waals surface area contributed by atoms with Crippen LogP contribution in [0, 0.1) is 0 Å². The van der Waals surface area contributed by atoms with Crippen molar-refractivity contribution in [2.45, 2.75) is 6.61 Å². The van der Waals surface area contributed by atoms with E-state index in [2.05, 4.69) is 13.2 Å². The van der Waals surface area contributed by atoms with E-state index in [4.69, 9.17) is 9.47 Å². The number of aromatic carboxylic acids is 1. The number of benzene rings is 2. The van der Waals surface area contributed by atoms with Crippen molar-refractivity contribution in [3.8, 4) is 16.9 Å². The van der Waals surface area contributed by atoms with Gasteiger partial charge in [0, 0.05) is 35.4 Å². The first-order chi connectivity index (χ1) is 15.4. The molecule has 0 radical (unpaired) electrons. The molecule has 1 amide bonds. The third-order valence-corrected chi connectivity index (χ3v) is 5.54. The molecule has 164 valence electrons. The molecule has 2 aliphatic heterocycles. The molecule has 0 aliphatic carbocycles. The van der Waals surface area contributed by atoms with Crippen molar-refractivity contribution in [3.63, 3.8) is 0 Å². The van der Waals surface area contributed by atoms with Crippen molar-refractivity contribution in [2.24, 2.45) is 0 Å². The smallest absolute Gasteiger partial charge is 0.336 e. The molecule has 0 unspecified atom stereocenters. The summed E-state index contributed by atoms with van der Waals surface area (Å²) in [4.78, 5) is 26.5. The van der Waals surface area contributed by atoms with Gasteiger partial charge in [0.25, 0.3) is 5.91 Å². The van der Waals surface area contributed by atoms with Crippen LogP contribution in [0.3, 0.4) is 0 Å². The Kier molecular flexibility index (Phi) is 5.92. The van der Waals surface area contributed by atoms with E-state index in [1.807, 2.05) is 0 Å². The molecule has 4 rings (SSSR count). The lowest BCUT2D eigenvalue weighted by Crippen LogP contribution is -2.40. The summed E-state index contributed by atoms with van der Waals surface area (Å²) in [5.41, 5.74) is 2.76. The summed E-state index contributed by atoms with van der Waals surface area (Å²) >= 11 is 0. The van der Waals surface area contributed by atoms with Crippen LogP contribution in [0.5, 0.6) is 5.75 Å². The van der Waals surface area contributed by atoms with E-state index in [1.54, 1.807) is 23.1 Å². The number of fused-ring (bicyclic) bond motifs is 3. The van der Waals surface area contributed by atoms with Gasteiger partial charge >= 0.3 is 5.97 Å². The van der Waals surface area contributed by atoms with Crippen LogP contribution in [-0.2, 0) is 11.3 Å². The number of allylic oxidation sites excluding steroid dienone is 4. The molecule has 1 fully saturated rings. The number of hydrogen-bond acceptors (Lipinski definition) is 4. The van der Waals surface area contributed by atoms with E-state index in [-0.39, 0.29) is 29.2 Å². The van der Waals surface area contributed by atoms with Gasteiger partial charge in [-0.2, -0.15) is 0 Å². The second kappa shape index (κ2) is 8.80. The Morgan fingerprint density at radius 2 is 1.84 bits per heavy atom. The highest BCUT2D eigenvalue weighted by molar-refractivity contribution is 6.00. The Balaban J connectivity index is 1.77. The van der Waals surface area contributed by atoms with Crippen LogP contribution in [0.2, 0.25) is 0 Å². The van der Waals surface area contributed by atoms with E-state index >= 15 is 0 Å². The molecule has 2 heterocycles. The van der Waals surface area contributed by atoms with Gasteiger partial charge in [-0.05, 0) is 35.4 Å². The summed E-state index contributed by atoms with van der Waals surface area (Å²) in [6.07, 6.45) is 2.74. The first kappa shape index (κ1) is 21.5. The summed E-state index contributed by atoms with van der Waals surface area (Å²) in [6.45, 7) is 9.18. The Morgan fingerprint density at radius 1 is 1.09 bits per heavy atom. The highest BCUT2D eigenvalue weighted by Gasteiger charge is 2.26. The number of carboxylic acid groups (broad SMARTS) is 1. The van der Waals surface area contributed by atoms with Gasteiger partial charge in [0.2, 0.25) is 0 Å². The Bertz CT molecular complexity index is 1160. The normalized spacial score (nSPS) is 15.3. The lowest BCUT2D eigenvalue weighted by Gasteiger charge is -2.28. The number of nitrogens with zero attached hydrogens (tertiary/aromatic N) is 1. The van der Waals surface area contributed by atoms with Crippen molar-refractivity contribution in [1.82, 2.24) is 4.90 Å². The molecule has 2 aromatic carbocycles. The summed E-state index contributed by atoms with van der Waals surface area (Å²) < 4.78 is 25.2. The lowest BCUT2D eigenvalue weighted by molar-refractivity contribution is 0.0302. The number of carbonyl (C=O) groups is 2. The molecule has 2 aliphatic rings. The summed E-state index contributed by atoms with van der Waals surface area (Å²) in [6, 6.07) is 8.27. The minimum absolute atomic E-state index is 0.0288. The zero-order chi connectivity index (χ0) is 22.8. The fourth-order valence-electron chi connectivity index (χ4n) is 3.97. The van der Waals surface area contributed by atoms with Crippen LogP contribution in [0.25, 0.3) is 16.7 Å². The van der Waals surface area contributed by atoms with Crippen LogP contribution in [0.15, 0.2) is 61.5 Å². The number of hydrogen-bond donors (Lipinski definition) is 1. The van der Waals surface area contributed by atoms with Crippen LogP contribution in [-0.4, -0.2) is 48.2 Å². The fraction of sp³-hybridized carbons (Fsp3) is 0.200. The number of rotatable bonds is 5. The van der Waals surface area contributed by atoms with Crippen LogP contribution in [0.4, 0.5) is 4.39 Å². The number of morpholine rings is 1. The standard InChI is InChI=1S/C25H22FNO5/c1-3-4-18(15(2)26)20-13-23-21(12-22(20)25(29)30)19-6-5-16(11-17(19)14-32-23)24(28)27-7-9-31-10-8-27/h3-6,11-13H,1-2,7-10,14H2,(H,29,30)/b18-4+. The van der Waals surface area contributed by atoms with Gasteiger partial charge in [-0.15, -0.1) is 0 Å². The molecule has 0 aromatic heterocycles. The average molecular weight is 435 g/mol. The maximum Gasteiger partial charge on any atom is 0.336 e. The molecule has 32 heavy (non-hydrogen) atoms. The molecule has 7 heteroatoms. The highest BCUT2D eigenvalue weighted by Crippen LogP contribution is 2.42. The van der Waals surface area contributed by atoms with Crippen LogP contribution in [0.1, 0.15) is 31.8 Å². The third-order valence-electron chi connectivity index (χ3n) is 5.54. The first-order valence-corrected chi connectivity index (χ1v) is 10.1. The number of ether oxygens (including phenoxy) is 2. The van der Waals surface area contributed by atoms with Crippen LogP contribution >= 0.6 is 0 Å². The zero-order valence-corrected chi connectivity index (χ0v) is 17.4. The molecule has 2 aromatic rings. The second-order valence-electron chi connectivity index (χ2n) is 7.49. The second-order valence-corrected chi connectivity index (χ2v) is 7.49. The van der Waals surface area contributed by atoms with E-state index < -0.39 is 11.8 Å². The van der Waals surface area contributed by atoms with Crippen molar-refractivity contribution < 1.29 is 28.6 Å². The topological polar surface area (TPSA) is 76.1 Å². The van der Waals surface area contributed by atoms with Gasteiger partial charge in [-0.1, -0.05) is 31.4 Å². The Labute approximate surface area is 184 Å². The monoisotopic (exact) mass is 435 g/mol. The van der Waals surface area contributed by atoms with Crippen molar-refractivity contribution in [3.05, 3.63) is 83.7 Å². The molecular formula is C25H22FNO5. The summed E-state index contributed by atoms with van der Waals surface area (Å²) in [5, 5.41) is 9.77. The number of carboxylic acids is 1. The van der Waals surface area contributed by atoms with Crippen molar-refractivity contribution in [2.75, 3.05) is 26.3 Å². The van der Waals surface area contributed by atoms with Gasteiger partial charge in [-0.25, -0.2) is 9.18 Å². The third kappa shape index (κ3) is 3.94. The molecule has 1 N–H and O–H groups in total. The number of amides is 1. The lowest BCUT2D eigenvalue weighted by atomic mass is 9.89. The maximum absolute atomic E-state index is 14.0. The largest absolute Gasteiger partial charge is 0.488 e. The molecule has 0 atom stereocenters. The van der Waals surface area contributed by atoms with E-state index in [9.17, 15) is 19.1 Å². The SMILES string of the molecule is C=C/C=C(\C(=C)F)c1cc2c(cc1C(=O)O)-c1ccc(C(=O)N3CCOCC3)cc1CO2. The average Bonchev–Trinajstić information content (AvgIpc) is 2.81. The molecule has 6 nitrogen and oxygen atoms in total. The van der Waals surface area contributed by atoms with Gasteiger partial charge < -0.3 is 19.5 Å². The highest BCUT2D eigenvalue weighted by atomic mass is 19.1. The maximum atomic E-state index is 14.0. The Hall–Kier alpha value is -3.71. The molecule has 0 spiro atoms. The van der Waals surface area contributed by atoms with Crippen molar-refractivity contribution in [1.29, 1.82) is 0 Å². The van der Waals surface area contributed by atoms with Gasteiger partial charge in [0.15, 0.2) is 0 Å². The van der Waals surface area contributed by atoms with Gasteiger partial charge in [0.05, 0.1) is 18.8 Å². The van der Waals surface area contributed by atoms with E-state index in [0.717, 1.165) is 11.1 Å². The number of halogens is 1. The predicted octanol–water partition coefficient (Wildman–Crippen LogP) is 4.47. The molecular weight excluding hydrogens is 413 g/mol. The predicted molar refractivity (Wildman–Crippen MR) is 118 cm³/mol. The van der Waals surface area contributed by atoms with Crippen LogP contribution < -0.4 is 4.74 Å². The Morgan fingerprint density at radius 3 is 2.50 bits per heavy atom. The van der Waals surface area contributed by atoms with Gasteiger partial charge in [-0.3, -0.25) is 4.79 Å². The summed E-state index contributed by atoms with van der Waals surface area (Å²) in [5.74, 6) is -1.62. The minimum atomic E-state index is -1.20. The quantitative estimate of drug-likeness (QED) is 0.702. The van der Waals surface area contributed by atoms with Crippen molar-refractivity contribution >= 4 is 17.4 Å². The minimum Gasteiger partial charge on any atom is -0.488 e. The van der Waals surface area contributed by atoms with E-state index in [0.29, 0.717) is 43.2 Å². The first-order valence-electron chi connectivity index (χ1n) is 10.1. The number of carbonyl (C=O) groups excluding carboxylic acids is 1. The molecule has 1 saturated heterocycles. The summed E-state index contributed by atoms with van der Waals surface area (Å²) in [7, 11) is 0. The zero-order valence-electron chi connectivity index (χ0n) is 17.4.